The van der Waals surface area contributed by atoms with Gasteiger partial charge in [-0.15, -0.1) is 0 Å². The van der Waals surface area contributed by atoms with Gasteiger partial charge < -0.3 is 9.64 Å². The number of rotatable bonds is 5. The Labute approximate surface area is 127 Å². The van der Waals surface area contributed by atoms with Gasteiger partial charge in [-0.25, -0.2) is 0 Å². The molecule has 2 unspecified atom stereocenters. The molecule has 2 rings (SSSR count). The van der Waals surface area contributed by atoms with Crippen LogP contribution in [-0.2, 0) is 0 Å². The lowest BCUT2D eigenvalue weighted by molar-refractivity contribution is 0.0938. The first-order valence-corrected chi connectivity index (χ1v) is 7.49. The first-order valence-electron chi connectivity index (χ1n) is 7.49. The summed E-state index contributed by atoms with van der Waals surface area (Å²) in [7, 11) is 5.83. The van der Waals surface area contributed by atoms with Crippen molar-refractivity contribution in [3.8, 4) is 5.75 Å². The van der Waals surface area contributed by atoms with Gasteiger partial charge in [-0.05, 0) is 44.6 Å². The predicted molar refractivity (Wildman–Crippen MR) is 85.1 cm³/mol. The molecule has 0 bridgehead atoms. The zero-order valence-corrected chi connectivity index (χ0v) is 13.7. The van der Waals surface area contributed by atoms with Gasteiger partial charge in [0, 0.05) is 19.1 Å². The maximum Gasteiger partial charge on any atom is 0.180 e. The van der Waals surface area contributed by atoms with Gasteiger partial charge in [0.15, 0.2) is 5.78 Å². The van der Waals surface area contributed by atoms with Crippen molar-refractivity contribution in [2.24, 2.45) is 5.92 Å². The van der Waals surface area contributed by atoms with Crippen molar-refractivity contribution >= 4 is 5.78 Å². The van der Waals surface area contributed by atoms with E-state index in [1.807, 2.05) is 25.1 Å². The number of ketones is 1. The number of hydrogen-bond acceptors (Lipinski definition) is 4. The summed E-state index contributed by atoms with van der Waals surface area (Å²) >= 11 is 0. The number of nitrogens with zero attached hydrogens (tertiary/aromatic N) is 2. The van der Waals surface area contributed by atoms with E-state index in [4.69, 9.17) is 4.74 Å². The lowest BCUT2D eigenvalue weighted by Gasteiger charge is -2.22. The molecule has 1 aromatic rings. The van der Waals surface area contributed by atoms with Gasteiger partial charge in [-0.3, -0.25) is 9.69 Å². The highest BCUT2D eigenvalue weighted by Crippen LogP contribution is 2.23. The summed E-state index contributed by atoms with van der Waals surface area (Å²) in [6.45, 7) is 6.65. The maximum atomic E-state index is 12.5. The lowest BCUT2D eigenvalue weighted by atomic mass is 10.1. The fourth-order valence-corrected chi connectivity index (χ4v) is 3.17. The van der Waals surface area contributed by atoms with Crippen molar-refractivity contribution in [1.82, 2.24) is 9.80 Å². The maximum absolute atomic E-state index is 12.5. The number of hydrogen-bond donors (Lipinski definition) is 0. The Kier molecular flexibility index (Phi) is 5.01. The van der Waals surface area contributed by atoms with E-state index in [1.54, 1.807) is 7.11 Å². The van der Waals surface area contributed by atoms with Crippen molar-refractivity contribution in [3.05, 3.63) is 29.3 Å². The van der Waals surface area contributed by atoms with Crippen LogP contribution in [0.4, 0.5) is 0 Å². The molecule has 0 amide bonds. The van der Waals surface area contributed by atoms with Crippen LogP contribution < -0.4 is 4.74 Å². The summed E-state index contributed by atoms with van der Waals surface area (Å²) in [5, 5.41) is 0. The quantitative estimate of drug-likeness (QED) is 0.777. The summed E-state index contributed by atoms with van der Waals surface area (Å²) in [4.78, 5) is 17.0. The molecule has 0 N–H and O–H groups in total. The molecule has 4 heteroatoms. The van der Waals surface area contributed by atoms with E-state index in [9.17, 15) is 4.79 Å². The van der Waals surface area contributed by atoms with E-state index in [1.165, 1.54) is 0 Å². The Bertz CT molecular complexity index is 514. The van der Waals surface area contributed by atoms with Gasteiger partial charge in [0.1, 0.15) is 5.75 Å². The lowest BCUT2D eigenvalue weighted by Crippen LogP contribution is -2.35. The second-order valence-corrected chi connectivity index (χ2v) is 6.33. The molecule has 21 heavy (non-hydrogen) atoms. The summed E-state index contributed by atoms with van der Waals surface area (Å²) in [5.74, 6) is 1.41. The number of likely N-dealkylation sites (N-methyl/N-ethyl adjacent to an activating group) is 1. The minimum Gasteiger partial charge on any atom is -0.496 e. The first-order chi connectivity index (χ1) is 9.92. The molecular formula is C17H26N2O2. The summed E-state index contributed by atoms with van der Waals surface area (Å²) in [5.41, 5.74) is 1.79. The van der Waals surface area contributed by atoms with Gasteiger partial charge in [-0.2, -0.15) is 0 Å². The molecular weight excluding hydrogens is 264 g/mol. The summed E-state index contributed by atoms with van der Waals surface area (Å²) in [6.07, 6.45) is 0. The number of carbonyl (C=O) groups is 1. The van der Waals surface area contributed by atoms with E-state index < -0.39 is 0 Å². The van der Waals surface area contributed by atoms with Crippen molar-refractivity contribution in [3.63, 3.8) is 0 Å². The van der Waals surface area contributed by atoms with Crippen LogP contribution in [0.25, 0.3) is 0 Å². The van der Waals surface area contributed by atoms with Crippen LogP contribution in [0, 0.1) is 12.8 Å². The highest BCUT2D eigenvalue weighted by molar-refractivity contribution is 6.00. The molecule has 1 aliphatic heterocycles. The number of methoxy groups -OCH3 is 1. The molecule has 2 atom stereocenters. The molecule has 1 heterocycles. The topological polar surface area (TPSA) is 32.8 Å². The highest BCUT2D eigenvalue weighted by atomic mass is 16.5. The van der Waals surface area contributed by atoms with E-state index >= 15 is 0 Å². The Morgan fingerprint density at radius 2 is 2.10 bits per heavy atom. The summed E-state index contributed by atoms with van der Waals surface area (Å²) in [6, 6.07) is 6.28. The second-order valence-electron chi connectivity index (χ2n) is 6.33. The van der Waals surface area contributed by atoms with E-state index in [2.05, 4.69) is 30.8 Å². The molecule has 4 nitrogen and oxygen atoms in total. The Morgan fingerprint density at radius 1 is 1.38 bits per heavy atom. The van der Waals surface area contributed by atoms with Crippen LogP contribution >= 0.6 is 0 Å². The van der Waals surface area contributed by atoms with Gasteiger partial charge >= 0.3 is 0 Å². The monoisotopic (exact) mass is 290 g/mol. The number of aryl methyl sites for hydroxylation is 1. The third kappa shape index (κ3) is 3.63. The average molecular weight is 290 g/mol. The van der Waals surface area contributed by atoms with Gasteiger partial charge in [0.05, 0.1) is 19.2 Å². The van der Waals surface area contributed by atoms with E-state index in [0.29, 0.717) is 29.8 Å². The van der Waals surface area contributed by atoms with Crippen molar-refractivity contribution < 1.29 is 9.53 Å². The highest BCUT2D eigenvalue weighted by Gasteiger charge is 2.32. The molecule has 0 aliphatic carbocycles. The zero-order valence-electron chi connectivity index (χ0n) is 13.7. The standard InChI is InChI=1S/C17H26N2O2/c1-12-6-7-14(17(8-12)21-5)16(20)11-19-9-13(2)15(10-19)18(3)4/h6-8,13,15H,9-11H2,1-5H3. The molecule has 0 radical (unpaired) electrons. The smallest absolute Gasteiger partial charge is 0.180 e. The number of likely N-dealkylation sites (tertiary alicyclic amines) is 1. The van der Waals surface area contributed by atoms with E-state index in [-0.39, 0.29) is 5.78 Å². The number of Topliss-reactive ketones (excluding diaryl/α,β-unsaturated/α-hetero) is 1. The van der Waals surface area contributed by atoms with Crippen molar-refractivity contribution in [2.45, 2.75) is 19.9 Å². The number of benzene rings is 1. The van der Waals surface area contributed by atoms with Crippen LogP contribution in [-0.4, -0.2) is 62.5 Å². The van der Waals surface area contributed by atoms with Crippen LogP contribution in [0.1, 0.15) is 22.8 Å². The Morgan fingerprint density at radius 3 is 2.67 bits per heavy atom. The fraction of sp³-hybridized carbons (Fsp3) is 0.588. The summed E-state index contributed by atoms with van der Waals surface area (Å²) < 4.78 is 5.34. The molecule has 116 valence electrons. The predicted octanol–water partition coefficient (Wildman–Crippen LogP) is 2.07. The minimum absolute atomic E-state index is 0.137. The average Bonchev–Trinajstić information content (AvgIpc) is 2.79. The van der Waals surface area contributed by atoms with Crippen LogP contribution in [0.15, 0.2) is 18.2 Å². The molecule has 1 fully saturated rings. The zero-order chi connectivity index (χ0) is 15.6. The van der Waals surface area contributed by atoms with E-state index in [0.717, 1.165) is 18.7 Å². The van der Waals surface area contributed by atoms with Gasteiger partial charge in [0.25, 0.3) is 0 Å². The third-order valence-electron chi connectivity index (χ3n) is 4.34. The first kappa shape index (κ1) is 16.0. The number of carbonyl (C=O) groups excluding carboxylic acids is 1. The van der Waals surface area contributed by atoms with Gasteiger partial charge in [0.2, 0.25) is 0 Å². The molecule has 1 aromatic carbocycles. The van der Waals surface area contributed by atoms with Crippen LogP contribution in [0.3, 0.4) is 0 Å². The largest absolute Gasteiger partial charge is 0.496 e. The van der Waals surface area contributed by atoms with Crippen molar-refractivity contribution in [2.75, 3.05) is 40.8 Å². The SMILES string of the molecule is COc1cc(C)ccc1C(=O)CN1CC(C)C(N(C)C)C1. The fourth-order valence-electron chi connectivity index (χ4n) is 3.17. The molecule has 1 aliphatic rings. The second kappa shape index (κ2) is 6.58. The normalized spacial score (nSPS) is 22.8. The molecule has 0 saturated carbocycles. The minimum atomic E-state index is 0.137. The third-order valence-corrected chi connectivity index (χ3v) is 4.34. The molecule has 1 saturated heterocycles. The Hall–Kier alpha value is -1.39. The number of ether oxygens (including phenoxy) is 1. The van der Waals surface area contributed by atoms with Crippen molar-refractivity contribution in [1.29, 1.82) is 0 Å². The molecule has 0 aromatic heterocycles. The molecule has 0 spiro atoms. The van der Waals surface area contributed by atoms with Crippen LogP contribution in [0.5, 0.6) is 5.75 Å². The van der Waals surface area contributed by atoms with Crippen LogP contribution in [0.2, 0.25) is 0 Å². The van der Waals surface area contributed by atoms with Gasteiger partial charge in [-0.1, -0.05) is 13.0 Å². The Balaban J connectivity index is 2.06.